The predicted molar refractivity (Wildman–Crippen MR) is 78.1 cm³/mol. The van der Waals surface area contributed by atoms with Crippen molar-refractivity contribution in [2.24, 2.45) is 5.92 Å². The summed E-state index contributed by atoms with van der Waals surface area (Å²) in [7, 11) is 0. The van der Waals surface area contributed by atoms with Gasteiger partial charge in [-0.2, -0.15) is 0 Å². The fourth-order valence-electron chi connectivity index (χ4n) is 2.42. The lowest BCUT2D eigenvalue weighted by Gasteiger charge is -2.34. The summed E-state index contributed by atoms with van der Waals surface area (Å²) in [6, 6.07) is 9.37. The molecule has 0 saturated carbocycles. The standard InChI is InChI=1S/C16H22N2O2/c1-3-12(2)10-18-11-15(19)17-14(16(18)20)9-13-7-5-4-6-8-13/h4-8,12,14H,3,9-11H2,1-2H3,(H,17,19). The zero-order chi connectivity index (χ0) is 14.5. The van der Waals surface area contributed by atoms with Crippen LogP contribution in [0.25, 0.3) is 0 Å². The Morgan fingerprint density at radius 2 is 2.00 bits per heavy atom. The normalized spacial score (nSPS) is 20.7. The van der Waals surface area contributed by atoms with Gasteiger partial charge in [0.05, 0.1) is 6.54 Å². The van der Waals surface area contributed by atoms with Crippen molar-refractivity contribution in [3.8, 4) is 0 Å². The van der Waals surface area contributed by atoms with E-state index in [2.05, 4.69) is 19.2 Å². The van der Waals surface area contributed by atoms with Crippen LogP contribution in [0, 0.1) is 5.92 Å². The third-order valence-electron chi connectivity index (χ3n) is 3.79. The lowest BCUT2D eigenvalue weighted by molar-refractivity contribution is -0.144. The summed E-state index contributed by atoms with van der Waals surface area (Å²) in [5.41, 5.74) is 1.07. The van der Waals surface area contributed by atoms with E-state index in [9.17, 15) is 9.59 Å². The van der Waals surface area contributed by atoms with Crippen molar-refractivity contribution in [1.29, 1.82) is 0 Å². The Bertz CT molecular complexity index is 473. The van der Waals surface area contributed by atoms with E-state index in [0.717, 1.165) is 12.0 Å². The molecule has 1 aromatic carbocycles. The van der Waals surface area contributed by atoms with Gasteiger partial charge in [0.25, 0.3) is 0 Å². The van der Waals surface area contributed by atoms with Crippen molar-refractivity contribution >= 4 is 11.8 Å². The van der Waals surface area contributed by atoms with E-state index in [1.165, 1.54) is 0 Å². The largest absolute Gasteiger partial charge is 0.342 e. The van der Waals surface area contributed by atoms with Crippen molar-refractivity contribution in [3.63, 3.8) is 0 Å². The van der Waals surface area contributed by atoms with Gasteiger partial charge in [0.2, 0.25) is 11.8 Å². The van der Waals surface area contributed by atoms with Crippen molar-refractivity contribution in [2.75, 3.05) is 13.1 Å². The second kappa shape index (κ2) is 6.55. The molecule has 0 radical (unpaired) electrons. The Morgan fingerprint density at radius 3 is 2.65 bits per heavy atom. The number of hydrogen-bond donors (Lipinski definition) is 1. The van der Waals surface area contributed by atoms with Gasteiger partial charge in [0.1, 0.15) is 6.04 Å². The summed E-state index contributed by atoms with van der Waals surface area (Å²) < 4.78 is 0. The van der Waals surface area contributed by atoms with Crippen LogP contribution in [0.5, 0.6) is 0 Å². The van der Waals surface area contributed by atoms with Gasteiger partial charge in [0.15, 0.2) is 0 Å². The average Bonchev–Trinajstić information content (AvgIpc) is 2.45. The summed E-state index contributed by atoms with van der Waals surface area (Å²) in [4.78, 5) is 25.9. The SMILES string of the molecule is CCC(C)CN1CC(=O)NC(Cc2ccccc2)C1=O. The molecule has 2 unspecified atom stereocenters. The van der Waals surface area contributed by atoms with Crippen LogP contribution < -0.4 is 5.32 Å². The molecular formula is C16H22N2O2. The summed E-state index contributed by atoms with van der Waals surface area (Å²) >= 11 is 0. The van der Waals surface area contributed by atoms with Gasteiger partial charge in [-0.15, -0.1) is 0 Å². The lowest BCUT2D eigenvalue weighted by Crippen LogP contribution is -2.59. The van der Waals surface area contributed by atoms with E-state index in [0.29, 0.717) is 18.9 Å². The Hall–Kier alpha value is -1.84. The fourth-order valence-corrected chi connectivity index (χ4v) is 2.42. The second-order valence-electron chi connectivity index (χ2n) is 5.54. The minimum Gasteiger partial charge on any atom is -0.342 e. The highest BCUT2D eigenvalue weighted by atomic mass is 16.2. The highest BCUT2D eigenvalue weighted by Crippen LogP contribution is 2.12. The maximum Gasteiger partial charge on any atom is 0.245 e. The van der Waals surface area contributed by atoms with Gasteiger partial charge < -0.3 is 10.2 Å². The van der Waals surface area contributed by atoms with Gasteiger partial charge in [-0.25, -0.2) is 0 Å². The maximum atomic E-state index is 12.4. The van der Waals surface area contributed by atoms with Crippen LogP contribution in [0.2, 0.25) is 0 Å². The highest BCUT2D eigenvalue weighted by Gasteiger charge is 2.32. The first-order chi connectivity index (χ1) is 9.60. The molecule has 20 heavy (non-hydrogen) atoms. The zero-order valence-electron chi connectivity index (χ0n) is 12.1. The average molecular weight is 274 g/mol. The van der Waals surface area contributed by atoms with Crippen LogP contribution >= 0.6 is 0 Å². The van der Waals surface area contributed by atoms with Crippen LogP contribution in [0.4, 0.5) is 0 Å². The molecule has 0 spiro atoms. The van der Waals surface area contributed by atoms with Crippen LogP contribution in [-0.4, -0.2) is 35.8 Å². The van der Waals surface area contributed by atoms with E-state index >= 15 is 0 Å². The van der Waals surface area contributed by atoms with Crippen LogP contribution in [0.1, 0.15) is 25.8 Å². The second-order valence-corrected chi connectivity index (χ2v) is 5.54. The molecule has 2 atom stereocenters. The van der Waals surface area contributed by atoms with Gasteiger partial charge in [-0.05, 0) is 11.5 Å². The molecule has 0 aromatic heterocycles. The minimum atomic E-state index is -0.428. The van der Waals surface area contributed by atoms with E-state index in [1.807, 2.05) is 30.3 Å². The quantitative estimate of drug-likeness (QED) is 0.886. The molecule has 1 aliphatic heterocycles. The first-order valence-corrected chi connectivity index (χ1v) is 7.22. The lowest BCUT2D eigenvalue weighted by atomic mass is 10.0. The summed E-state index contributed by atoms with van der Waals surface area (Å²) in [6.07, 6.45) is 1.57. The number of piperazine rings is 1. The van der Waals surface area contributed by atoms with E-state index < -0.39 is 6.04 Å². The molecule has 4 heteroatoms. The van der Waals surface area contributed by atoms with E-state index in [1.54, 1.807) is 4.90 Å². The molecule has 108 valence electrons. The molecule has 1 N–H and O–H groups in total. The summed E-state index contributed by atoms with van der Waals surface area (Å²) in [5, 5.41) is 2.81. The van der Waals surface area contributed by atoms with Crippen LogP contribution in [0.15, 0.2) is 30.3 Å². The van der Waals surface area contributed by atoms with Crippen molar-refractivity contribution in [3.05, 3.63) is 35.9 Å². The number of benzene rings is 1. The minimum absolute atomic E-state index is 0.0359. The van der Waals surface area contributed by atoms with Crippen LogP contribution in [0.3, 0.4) is 0 Å². The molecule has 1 aromatic rings. The van der Waals surface area contributed by atoms with Crippen molar-refractivity contribution < 1.29 is 9.59 Å². The molecule has 4 nitrogen and oxygen atoms in total. The van der Waals surface area contributed by atoms with Gasteiger partial charge >= 0.3 is 0 Å². The Kier molecular flexibility index (Phi) is 4.77. The Balaban J connectivity index is 2.05. The number of nitrogens with zero attached hydrogens (tertiary/aromatic N) is 1. The molecule has 0 aliphatic carbocycles. The highest BCUT2D eigenvalue weighted by molar-refractivity contribution is 5.95. The third kappa shape index (κ3) is 3.59. The number of rotatable bonds is 5. The van der Waals surface area contributed by atoms with Crippen molar-refractivity contribution in [2.45, 2.75) is 32.7 Å². The number of amides is 2. The number of carbonyl (C=O) groups excluding carboxylic acids is 2. The smallest absolute Gasteiger partial charge is 0.245 e. The molecule has 2 amide bonds. The first kappa shape index (κ1) is 14.6. The fraction of sp³-hybridized carbons (Fsp3) is 0.500. The van der Waals surface area contributed by atoms with Gasteiger partial charge in [-0.3, -0.25) is 9.59 Å². The topological polar surface area (TPSA) is 49.4 Å². The number of hydrogen-bond acceptors (Lipinski definition) is 2. The molecule has 1 heterocycles. The predicted octanol–water partition coefficient (Wildman–Crippen LogP) is 1.60. The van der Waals surface area contributed by atoms with Crippen LogP contribution in [-0.2, 0) is 16.0 Å². The molecule has 1 fully saturated rings. The molecule has 1 aliphatic rings. The Morgan fingerprint density at radius 1 is 1.30 bits per heavy atom. The van der Waals surface area contributed by atoms with Crippen molar-refractivity contribution in [1.82, 2.24) is 10.2 Å². The summed E-state index contributed by atoms with van der Waals surface area (Å²) in [5.74, 6) is 0.393. The molecule has 0 bridgehead atoms. The molecular weight excluding hydrogens is 252 g/mol. The first-order valence-electron chi connectivity index (χ1n) is 7.22. The summed E-state index contributed by atoms with van der Waals surface area (Å²) in [6.45, 7) is 5.05. The monoisotopic (exact) mass is 274 g/mol. The molecule has 1 saturated heterocycles. The van der Waals surface area contributed by atoms with E-state index in [-0.39, 0.29) is 18.4 Å². The van der Waals surface area contributed by atoms with E-state index in [4.69, 9.17) is 0 Å². The third-order valence-corrected chi connectivity index (χ3v) is 3.79. The number of carbonyl (C=O) groups is 2. The van der Waals surface area contributed by atoms with Gasteiger partial charge in [0, 0.05) is 13.0 Å². The zero-order valence-corrected chi connectivity index (χ0v) is 12.1. The maximum absolute atomic E-state index is 12.4. The number of nitrogens with one attached hydrogen (secondary N) is 1. The Labute approximate surface area is 120 Å². The van der Waals surface area contributed by atoms with Gasteiger partial charge in [-0.1, -0.05) is 50.6 Å². The molecule has 2 rings (SSSR count).